The van der Waals surface area contributed by atoms with Crippen LogP contribution in [0.2, 0.25) is 5.02 Å². The molecule has 1 unspecified atom stereocenters. The lowest BCUT2D eigenvalue weighted by molar-refractivity contribution is -0.141. The third kappa shape index (κ3) is 5.11. The van der Waals surface area contributed by atoms with Gasteiger partial charge >= 0.3 is 5.97 Å². The van der Waals surface area contributed by atoms with Gasteiger partial charge in [-0.05, 0) is 31.3 Å². The van der Waals surface area contributed by atoms with Crippen LogP contribution >= 0.6 is 11.6 Å². The van der Waals surface area contributed by atoms with E-state index in [1.165, 1.54) is 24.3 Å². The molecule has 1 aromatic carbocycles. The molecule has 0 aromatic heterocycles. The van der Waals surface area contributed by atoms with Gasteiger partial charge in [-0.15, -0.1) is 0 Å². The number of halogens is 1. The van der Waals surface area contributed by atoms with Gasteiger partial charge in [-0.2, -0.15) is 0 Å². The first-order chi connectivity index (χ1) is 9.22. The molecule has 0 heterocycles. The van der Waals surface area contributed by atoms with Crippen molar-refractivity contribution in [2.24, 2.45) is 5.92 Å². The number of hydrogen-bond donors (Lipinski definition) is 1. The zero-order valence-corrected chi connectivity index (χ0v) is 13.0. The summed E-state index contributed by atoms with van der Waals surface area (Å²) in [4.78, 5) is 12.7. The largest absolute Gasteiger partial charge is 0.481 e. The topological polar surface area (TPSA) is 74.7 Å². The molecule has 20 heavy (non-hydrogen) atoms. The van der Waals surface area contributed by atoms with E-state index < -0.39 is 21.7 Å². The van der Waals surface area contributed by atoms with Gasteiger partial charge in [-0.1, -0.05) is 18.5 Å². The minimum absolute atomic E-state index is 0.0581. The number of sulfone groups is 1. The Morgan fingerprint density at radius 1 is 1.35 bits per heavy atom. The molecule has 0 radical (unpaired) electrons. The Kier molecular flexibility index (Phi) is 5.98. The second kappa shape index (κ2) is 7.06. The van der Waals surface area contributed by atoms with Crippen LogP contribution in [0.4, 0.5) is 0 Å². The summed E-state index contributed by atoms with van der Waals surface area (Å²) >= 11 is 5.72. The molecule has 0 fully saturated rings. The van der Waals surface area contributed by atoms with Gasteiger partial charge in [0, 0.05) is 18.1 Å². The maximum absolute atomic E-state index is 12.1. The maximum atomic E-state index is 12.1. The highest BCUT2D eigenvalue weighted by atomic mass is 35.5. The van der Waals surface area contributed by atoms with Crippen molar-refractivity contribution in [3.8, 4) is 0 Å². The number of hydrogen-bond acceptors (Lipinski definition) is 4. The molecule has 0 saturated carbocycles. The number of nitrogens with zero attached hydrogens (tertiary/aromatic N) is 1. The molecule has 7 heteroatoms. The van der Waals surface area contributed by atoms with E-state index in [4.69, 9.17) is 16.7 Å². The summed E-state index contributed by atoms with van der Waals surface area (Å²) < 4.78 is 24.2. The van der Waals surface area contributed by atoms with Crippen molar-refractivity contribution in [2.45, 2.75) is 11.8 Å². The molecule has 1 N–H and O–H groups in total. The molecule has 5 nitrogen and oxygen atoms in total. The Bertz CT molecular complexity index is 556. The fourth-order valence-corrected chi connectivity index (χ4v) is 3.14. The summed E-state index contributed by atoms with van der Waals surface area (Å²) in [5, 5.41) is 9.29. The molecule has 0 aliphatic heterocycles. The SMILES string of the molecule is CC(CN(C)CCS(=O)(=O)c1ccc(Cl)cc1)C(=O)O. The fourth-order valence-electron chi connectivity index (χ4n) is 1.67. The van der Waals surface area contributed by atoms with Crippen molar-refractivity contribution in [3.05, 3.63) is 29.3 Å². The lowest BCUT2D eigenvalue weighted by atomic mass is 10.2. The smallest absolute Gasteiger partial charge is 0.307 e. The van der Waals surface area contributed by atoms with Gasteiger partial charge in [0.05, 0.1) is 16.6 Å². The van der Waals surface area contributed by atoms with Gasteiger partial charge in [0.2, 0.25) is 0 Å². The summed E-state index contributed by atoms with van der Waals surface area (Å²) in [5.74, 6) is -1.48. The van der Waals surface area contributed by atoms with E-state index >= 15 is 0 Å². The molecule has 1 atom stereocenters. The number of carbonyl (C=O) groups is 1. The van der Waals surface area contributed by atoms with Crippen molar-refractivity contribution in [2.75, 3.05) is 25.9 Å². The molecule has 0 bridgehead atoms. The first-order valence-corrected chi connectivity index (χ1v) is 8.15. The van der Waals surface area contributed by atoms with Crippen LogP contribution in [-0.4, -0.2) is 50.3 Å². The number of benzene rings is 1. The summed E-state index contributed by atoms with van der Waals surface area (Å²) in [6.07, 6.45) is 0. The monoisotopic (exact) mass is 319 g/mol. The normalized spacial score (nSPS) is 13.4. The van der Waals surface area contributed by atoms with Crippen LogP contribution in [0.1, 0.15) is 6.92 Å². The van der Waals surface area contributed by atoms with Gasteiger partial charge in [0.1, 0.15) is 0 Å². The van der Waals surface area contributed by atoms with Crippen LogP contribution in [0.5, 0.6) is 0 Å². The van der Waals surface area contributed by atoms with Crippen molar-refractivity contribution in [1.29, 1.82) is 0 Å². The summed E-state index contributed by atoms with van der Waals surface area (Å²) in [5.41, 5.74) is 0. The van der Waals surface area contributed by atoms with E-state index in [-0.39, 0.29) is 17.2 Å². The minimum Gasteiger partial charge on any atom is -0.481 e. The summed E-state index contributed by atoms with van der Waals surface area (Å²) in [6.45, 7) is 2.18. The van der Waals surface area contributed by atoms with Crippen LogP contribution in [0.15, 0.2) is 29.2 Å². The van der Waals surface area contributed by atoms with E-state index in [9.17, 15) is 13.2 Å². The highest BCUT2D eigenvalue weighted by molar-refractivity contribution is 7.91. The van der Waals surface area contributed by atoms with Gasteiger partial charge in [0.25, 0.3) is 0 Å². The van der Waals surface area contributed by atoms with Crippen molar-refractivity contribution < 1.29 is 18.3 Å². The molecule has 1 aromatic rings. The first kappa shape index (κ1) is 16.9. The summed E-state index contributed by atoms with van der Waals surface area (Å²) in [7, 11) is -1.67. The number of aliphatic carboxylic acids is 1. The van der Waals surface area contributed by atoms with Crippen LogP contribution in [0.3, 0.4) is 0 Å². The Morgan fingerprint density at radius 2 is 1.90 bits per heavy atom. The quantitative estimate of drug-likeness (QED) is 0.829. The second-order valence-electron chi connectivity index (χ2n) is 4.77. The number of carboxylic acids is 1. The molecular formula is C13H18ClNO4S. The first-order valence-electron chi connectivity index (χ1n) is 6.12. The Labute approximate surface area is 124 Å². The van der Waals surface area contributed by atoms with Gasteiger partial charge in [-0.25, -0.2) is 8.42 Å². The molecule has 0 amide bonds. The highest BCUT2D eigenvalue weighted by Gasteiger charge is 2.18. The molecular weight excluding hydrogens is 302 g/mol. The van der Waals surface area contributed by atoms with Crippen LogP contribution in [-0.2, 0) is 14.6 Å². The predicted molar refractivity (Wildman–Crippen MR) is 77.8 cm³/mol. The van der Waals surface area contributed by atoms with Crippen molar-refractivity contribution >= 4 is 27.4 Å². The lowest BCUT2D eigenvalue weighted by Gasteiger charge is -2.18. The average molecular weight is 320 g/mol. The standard InChI is InChI=1S/C13H18ClNO4S/c1-10(13(16)17)9-15(2)7-8-20(18,19)12-5-3-11(14)4-6-12/h3-6,10H,7-9H2,1-2H3,(H,16,17). The Hall–Kier alpha value is -1.11. The predicted octanol–water partition coefficient (Wildman–Crippen LogP) is 1.77. The van der Waals surface area contributed by atoms with Gasteiger partial charge < -0.3 is 10.0 Å². The van der Waals surface area contributed by atoms with Crippen molar-refractivity contribution in [1.82, 2.24) is 4.90 Å². The zero-order chi connectivity index (χ0) is 15.3. The summed E-state index contributed by atoms with van der Waals surface area (Å²) in [6, 6.07) is 6.00. The maximum Gasteiger partial charge on any atom is 0.307 e. The van der Waals surface area contributed by atoms with E-state index in [2.05, 4.69) is 0 Å². The Morgan fingerprint density at radius 3 is 2.40 bits per heavy atom. The number of rotatable bonds is 7. The highest BCUT2D eigenvalue weighted by Crippen LogP contribution is 2.15. The van der Waals surface area contributed by atoms with E-state index in [1.807, 2.05) is 0 Å². The Balaban J connectivity index is 2.59. The van der Waals surface area contributed by atoms with Crippen LogP contribution in [0.25, 0.3) is 0 Å². The fraction of sp³-hybridized carbons (Fsp3) is 0.462. The van der Waals surface area contributed by atoms with E-state index in [0.717, 1.165) is 0 Å². The number of carboxylic acid groups (broad SMARTS) is 1. The molecule has 112 valence electrons. The lowest BCUT2D eigenvalue weighted by Crippen LogP contribution is -2.32. The second-order valence-corrected chi connectivity index (χ2v) is 7.32. The molecule has 0 aliphatic rings. The zero-order valence-electron chi connectivity index (χ0n) is 11.4. The third-order valence-corrected chi connectivity index (χ3v) is 4.88. The van der Waals surface area contributed by atoms with E-state index in [1.54, 1.807) is 18.9 Å². The molecule has 1 rings (SSSR count). The minimum atomic E-state index is -3.38. The van der Waals surface area contributed by atoms with Crippen molar-refractivity contribution in [3.63, 3.8) is 0 Å². The van der Waals surface area contributed by atoms with Crippen LogP contribution in [0, 0.1) is 5.92 Å². The van der Waals surface area contributed by atoms with E-state index in [0.29, 0.717) is 11.6 Å². The van der Waals surface area contributed by atoms with Gasteiger partial charge in [0.15, 0.2) is 9.84 Å². The third-order valence-electron chi connectivity index (χ3n) is 2.92. The molecule has 0 spiro atoms. The van der Waals surface area contributed by atoms with Crippen LogP contribution < -0.4 is 0 Å². The average Bonchev–Trinajstić information content (AvgIpc) is 2.37. The molecule has 0 saturated heterocycles. The van der Waals surface area contributed by atoms with Gasteiger partial charge in [-0.3, -0.25) is 4.79 Å². The molecule has 0 aliphatic carbocycles.